The summed E-state index contributed by atoms with van der Waals surface area (Å²) in [5.74, 6) is -0.145. The van der Waals surface area contributed by atoms with Crippen LogP contribution in [-0.2, 0) is 17.8 Å². The number of benzene rings is 2. The summed E-state index contributed by atoms with van der Waals surface area (Å²) < 4.78 is 1.80. The first-order valence-corrected chi connectivity index (χ1v) is 13.9. The lowest BCUT2D eigenvalue weighted by atomic mass is 9.93. The number of carbonyl (C=O) groups excluding carboxylic acids is 2. The number of Topliss-reactive ketones (excluding diaryl/α,β-unsaturated/α-hetero) is 1. The highest BCUT2D eigenvalue weighted by Crippen LogP contribution is 2.33. The monoisotopic (exact) mass is 518 g/mol. The highest BCUT2D eigenvalue weighted by molar-refractivity contribution is 6.04. The standard InChI is InChI=1S/C33H34N4O2/c1-23(25-8-4-2-5-9-25)37-22-29(20-34-37)33(39)35-30-12-13-32(38)31(19-30)28-17-26-11-10-24(16-27(26)18-28)21-36-14-6-3-7-15-36/h2,4-5,8-12,16,18-20,22-23H,3,6-7,13-15,17,21H2,1H3,(H,35,39). The summed E-state index contributed by atoms with van der Waals surface area (Å²) >= 11 is 0. The molecule has 0 bridgehead atoms. The van der Waals surface area contributed by atoms with Gasteiger partial charge in [0.2, 0.25) is 0 Å². The number of ketones is 1. The molecule has 0 radical (unpaired) electrons. The molecule has 6 rings (SSSR count). The highest BCUT2D eigenvalue weighted by atomic mass is 16.1. The number of rotatable bonds is 7. The van der Waals surface area contributed by atoms with Gasteiger partial charge in [0.05, 0.1) is 17.8 Å². The van der Waals surface area contributed by atoms with Crippen LogP contribution in [0.15, 0.2) is 89.9 Å². The Labute approximate surface area is 229 Å². The smallest absolute Gasteiger partial charge is 0.258 e. The minimum absolute atomic E-state index is 0.0158. The van der Waals surface area contributed by atoms with Crippen molar-refractivity contribution < 1.29 is 9.59 Å². The molecular weight excluding hydrogens is 484 g/mol. The van der Waals surface area contributed by atoms with E-state index in [4.69, 9.17) is 0 Å². The Kier molecular flexibility index (Phi) is 7.12. The number of piperidine rings is 1. The van der Waals surface area contributed by atoms with Gasteiger partial charge in [-0.2, -0.15) is 5.10 Å². The Morgan fingerprint density at radius 1 is 1.05 bits per heavy atom. The molecule has 6 heteroatoms. The van der Waals surface area contributed by atoms with Gasteiger partial charge >= 0.3 is 0 Å². The Bertz CT molecular complexity index is 1490. The molecule has 198 valence electrons. The fraction of sp³-hybridized carbons (Fsp3) is 0.303. The van der Waals surface area contributed by atoms with E-state index in [9.17, 15) is 9.59 Å². The fourth-order valence-corrected chi connectivity index (χ4v) is 5.75. The summed E-state index contributed by atoms with van der Waals surface area (Å²) in [5.41, 5.74) is 7.75. The van der Waals surface area contributed by atoms with Gasteiger partial charge in [-0.05, 0) is 73.2 Å². The summed E-state index contributed by atoms with van der Waals surface area (Å²) in [6.45, 7) is 5.39. The van der Waals surface area contributed by atoms with E-state index in [1.807, 2.05) is 36.4 Å². The number of carbonyl (C=O) groups is 2. The third kappa shape index (κ3) is 5.57. The van der Waals surface area contributed by atoms with Crippen LogP contribution in [-0.4, -0.2) is 39.5 Å². The largest absolute Gasteiger partial charge is 0.322 e. The Morgan fingerprint density at radius 2 is 1.87 bits per heavy atom. The predicted octanol–water partition coefficient (Wildman–Crippen LogP) is 5.63. The Balaban J connectivity index is 1.14. The quantitative estimate of drug-likeness (QED) is 0.440. The van der Waals surface area contributed by atoms with Crippen LogP contribution in [0, 0.1) is 0 Å². The van der Waals surface area contributed by atoms with Crippen LogP contribution in [0.3, 0.4) is 0 Å². The predicted molar refractivity (Wildman–Crippen MR) is 153 cm³/mol. The molecule has 3 aromatic rings. The first-order valence-electron chi connectivity index (χ1n) is 13.9. The molecule has 1 saturated heterocycles. The molecule has 2 aliphatic carbocycles. The van der Waals surface area contributed by atoms with Gasteiger partial charge in [0.25, 0.3) is 5.91 Å². The number of likely N-dealkylation sites (tertiary alicyclic amines) is 1. The van der Waals surface area contributed by atoms with E-state index in [0.717, 1.165) is 24.1 Å². The first kappa shape index (κ1) is 25.3. The van der Waals surface area contributed by atoms with Crippen LogP contribution in [0.1, 0.15) is 71.3 Å². The van der Waals surface area contributed by atoms with Crippen molar-refractivity contribution >= 4 is 17.8 Å². The zero-order valence-corrected chi connectivity index (χ0v) is 22.4. The zero-order valence-electron chi connectivity index (χ0n) is 22.4. The van der Waals surface area contributed by atoms with Crippen molar-refractivity contribution in [2.24, 2.45) is 0 Å². The second kappa shape index (κ2) is 11.0. The number of nitrogens with zero attached hydrogens (tertiary/aromatic N) is 3. The molecule has 2 aromatic carbocycles. The molecular formula is C33H34N4O2. The molecule has 2 heterocycles. The summed E-state index contributed by atoms with van der Waals surface area (Å²) in [7, 11) is 0. The molecule has 1 amide bonds. The lowest BCUT2D eigenvalue weighted by molar-refractivity contribution is -0.114. The first-order chi connectivity index (χ1) is 19.0. The van der Waals surface area contributed by atoms with Crippen LogP contribution < -0.4 is 5.32 Å². The SMILES string of the molecule is CC(c1ccccc1)n1cc(C(=O)NC2=CCC(=O)C(C3=Cc4cc(CN5CCCCC5)ccc4C3)=C2)cn1. The molecule has 0 saturated carbocycles. The maximum Gasteiger partial charge on any atom is 0.258 e. The Hall–Kier alpha value is -4.03. The molecule has 6 nitrogen and oxygen atoms in total. The lowest BCUT2D eigenvalue weighted by Crippen LogP contribution is -2.29. The minimum atomic E-state index is -0.233. The molecule has 1 aliphatic heterocycles. The molecule has 3 aliphatic rings. The van der Waals surface area contributed by atoms with Gasteiger partial charge in [-0.25, -0.2) is 0 Å². The van der Waals surface area contributed by atoms with E-state index < -0.39 is 0 Å². The van der Waals surface area contributed by atoms with E-state index in [2.05, 4.69) is 46.5 Å². The zero-order chi connectivity index (χ0) is 26.8. The summed E-state index contributed by atoms with van der Waals surface area (Å²) in [6, 6.07) is 16.8. The van der Waals surface area contributed by atoms with Crippen molar-refractivity contribution in [3.63, 3.8) is 0 Å². The molecule has 1 atom stereocenters. The van der Waals surface area contributed by atoms with Crippen LogP contribution in [0.25, 0.3) is 6.08 Å². The molecule has 39 heavy (non-hydrogen) atoms. The number of amides is 1. The molecule has 1 unspecified atom stereocenters. The number of nitrogens with one attached hydrogen (secondary N) is 1. The molecule has 0 spiro atoms. The van der Waals surface area contributed by atoms with E-state index >= 15 is 0 Å². The van der Waals surface area contributed by atoms with Crippen LogP contribution >= 0.6 is 0 Å². The average molecular weight is 519 g/mol. The van der Waals surface area contributed by atoms with Crippen molar-refractivity contribution in [2.45, 2.75) is 51.6 Å². The third-order valence-corrected chi connectivity index (χ3v) is 8.03. The van der Waals surface area contributed by atoms with Crippen molar-refractivity contribution in [1.82, 2.24) is 20.0 Å². The van der Waals surface area contributed by atoms with Gasteiger partial charge in [0.15, 0.2) is 5.78 Å². The Morgan fingerprint density at radius 3 is 2.69 bits per heavy atom. The normalized spacial score (nSPS) is 18.2. The van der Waals surface area contributed by atoms with Gasteiger partial charge in [0, 0.05) is 30.4 Å². The van der Waals surface area contributed by atoms with Crippen LogP contribution in [0.2, 0.25) is 0 Å². The van der Waals surface area contributed by atoms with E-state index in [1.54, 1.807) is 23.2 Å². The number of allylic oxidation sites excluding steroid dienone is 4. The van der Waals surface area contributed by atoms with Gasteiger partial charge in [-0.15, -0.1) is 0 Å². The topological polar surface area (TPSA) is 67.2 Å². The van der Waals surface area contributed by atoms with Gasteiger partial charge in [-0.1, -0.05) is 67.1 Å². The van der Waals surface area contributed by atoms with Gasteiger partial charge in [0.1, 0.15) is 0 Å². The molecule has 1 fully saturated rings. The summed E-state index contributed by atoms with van der Waals surface area (Å²) in [5, 5.41) is 7.40. The van der Waals surface area contributed by atoms with Crippen LogP contribution in [0.4, 0.5) is 0 Å². The number of aromatic nitrogens is 2. The maximum atomic E-state index is 13.0. The molecule has 1 N–H and O–H groups in total. The van der Waals surface area contributed by atoms with Crippen LogP contribution in [0.5, 0.6) is 0 Å². The van der Waals surface area contributed by atoms with Gasteiger partial charge in [-0.3, -0.25) is 19.2 Å². The third-order valence-electron chi connectivity index (χ3n) is 8.03. The maximum absolute atomic E-state index is 13.0. The van der Waals surface area contributed by atoms with E-state index in [-0.39, 0.29) is 24.2 Å². The van der Waals surface area contributed by atoms with Gasteiger partial charge < -0.3 is 5.32 Å². The van der Waals surface area contributed by atoms with Crippen molar-refractivity contribution in [3.8, 4) is 0 Å². The fourth-order valence-electron chi connectivity index (χ4n) is 5.75. The summed E-state index contributed by atoms with van der Waals surface area (Å²) in [6.07, 6.45) is 14.0. The lowest BCUT2D eigenvalue weighted by Gasteiger charge is -2.26. The van der Waals surface area contributed by atoms with Crippen molar-refractivity contribution in [3.05, 3.63) is 118 Å². The number of hydrogen-bond donors (Lipinski definition) is 1. The van der Waals surface area contributed by atoms with Crippen molar-refractivity contribution in [2.75, 3.05) is 13.1 Å². The summed E-state index contributed by atoms with van der Waals surface area (Å²) in [4.78, 5) is 28.5. The highest BCUT2D eigenvalue weighted by Gasteiger charge is 2.24. The average Bonchev–Trinajstić information content (AvgIpc) is 3.62. The second-order valence-corrected chi connectivity index (χ2v) is 10.8. The second-order valence-electron chi connectivity index (χ2n) is 10.8. The minimum Gasteiger partial charge on any atom is -0.322 e. The number of fused-ring (bicyclic) bond motifs is 1. The van der Waals surface area contributed by atoms with E-state index in [0.29, 0.717) is 16.8 Å². The number of hydrogen-bond acceptors (Lipinski definition) is 4. The van der Waals surface area contributed by atoms with Crippen molar-refractivity contribution in [1.29, 1.82) is 0 Å². The molecule has 1 aromatic heterocycles. The van der Waals surface area contributed by atoms with E-state index in [1.165, 1.54) is 49.0 Å².